The van der Waals surface area contributed by atoms with Crippen molar-refractivity contribution in [2.24, 2.45) is 11.7 Å². The second kappa shape index (κ2) is 5.51. The van der Waals surface area contributed by atoms with Gasteiger partial charge in [0.05, 0.1) is 5.69 Å². The highest BCUT2D eigenvalue weighted by atomic mass is 16.2. The molecular weight excluding hydrogens is 250 g/mol. The van der Waals surface area contributed by atoms with Crippen LogP contribution in [0.3, 0.4) is 0 Å². The maximum absolute atomic E-state index is 12.1. The maximum Gasteiger partial charge on any atom is 0.319 e. The summed E-state index contributed by atoms with van der Waals surface area (Å²) in [4.78, 5) is 12.1. The first-order chi connectivity index (χ1) is 9.78. The Labute approximate surface area is 118 Å². The van der Waals surface area contributed by atoms with Crippen molar-refractivity contribution in [1.29, 1.82) is 0 Å². The smallest absolute Gasteiger partial charge is 0.319 e. The summed E-state index contributed by atoms with van der Waals surface area (Å²) in [6, 6.07) is 13.8. The van der Waals surface area contributed by atoms with Crippen LogP contribution < -0.4 is 16.4 Å². The molecule has 1 unspecified atom stereocenters. The molecule has 0 spiro atoms. The first-order valence-electron chi connectivity index (χ1n) is 7.03. The van der Waals surface area contributed by atoms with Crippen LogP contribution in [0.5, 0.6) is 0 Å². The lowest BCUT2D eigenvalue weighted by Crippen LogP contribution is -2.43. The van der Waals surface area contributed by atoms with Gasteiger partial charge in [-0.05, 0) is 30.2 Å². The van der Waals surface area contributed by atoms with Gasteiger partial charge in [-0.3, -0.25) is 0 Å². The molecule has 1 aliphatic carbocycles. The van der Waals surface area contributed by atoms with Gasteiger partial charge in [-0.25, -0.2) is 4.79 Å². The fraction of sp³-hybridized carbons (Fsp3) is 0.312. The molecule has 0 saturated heterocycles. The molecular formula is C16H19N3O. The Morgan fingerprint density at radius 2 is 1.95 bits per heavy atom. The van der Waals surface area contributed by atoms with Crippen molar-refractivity contribution in [3.63, 3.8) is 0 Å². The SMILES string of the molecule is NCC(NC(=O)Nc1cccc2ccccc12)C1CC1. The Hall–Kier alpha value is -2.07. The summed E-state index contributed by atoms with van der Waals surface area (Å²) >= 11 is 0. The van der Waals surface area contributed by atoms with Crippen LogP contribution in [0.25, 0.3) is 10.8 Å². The van der Waals surface area contributed by atoms with Crippen molar-refractivity contribution < 1.29 is 4.79 Å². The average Bonchev–Trinajstić information content (AvgIpc) is 3.30. The molecule has 1 atom stereocenters. The lowest BCUT2D eigenvalue weighted by atomic mass is 10.1. The monoisotopic (exact) mass is 269 g/mol. The molecule has 0 bridgehead atoms. The first kappa shape index (κ1) is 12.9. The molecule has 2 aromatic rings. The highest BCUT2D eigenvalue weighted by molar-refractivity contribution is 6.01. The largest absolute Gasteiger partial charge is 0.334 e. The highest BCUT2D eigenvalue weighted by Crippen LogP contribution is 2.32. The molecule has 2 amide bonds. The minimum Gasteiger partial charge on any atom is -0.334 e. The van der Waals surface area contributed by atoms with E-state index < -0.39 is 0 Å². The number of hydrogen-bond acceptors (Lipinski definition) is 2. The second-order valence-electron chi connectivity index (χ2n) is 5.30. The second-order valence-corrected chi connectivity index (χ2v) is 5.30. The van der Waals surface area contributed by atoms with Crippen LogP contribution in [-0.2, 0) is 0 Å². The van der Waals surface area contributed by atoms with Crippen molar-refractivity contribution in [3.8, 4) is 0 Å². The summed E-state index contributed by atoms with van der Waals surface area (Å²) < 4.78 is 0. The van der Waals surface area contributed by atoms with E-state index in [9.17, 15) is 4.79 Å². The van der Waals surface area contributed by atoms with Gasteiger partial charge in [0, 0.05) is 18.0 Å². The standard InChI is InChI=1S/C16H19N3O/c17-10-15(12-8-9-12)19-16(20)18-14-7-3-5-11-4-1-2-6-13(11)14/h1-7,12,15H,8-10,17H2,(H2,18,19,20). The third-order valence-corrected chi connectivity index (χ3v) is 3.80. The van der Waals surface area contributed by atoms with Crippen LogP contribution in [0.2, 0.25) is 0 Å². The summed E-state index contributed by atoms with van der Waals surface area (Å²) in [6.45, 7) is 0.494. The van der Waals surface area contributed by atoms with E-state index in [0.717, 1.165) is 29.3 Å². The molecule has 20 heavy (non-hydrogen) atoms. The van der Waals surface area contributed by atoms with Crippen LogP contribution in [0, 0.1) is 5.92 Å². The van der Waals surface area contributed by atoms with E-state index in [1.807, 2.05) is 42.5 Å². The van der Waals surface area contributed by atoms with Crippen molar-refractivity contribution in [1.82, 2.24) is 5.32 Å². The van der Waals surface area contributed by atoms with E-state index in [1.165, 1.54) is 0 Å². The Kier molecular flexibility index (Phi) is 3.56. The van der Waals surface area contributed by atoms with E-state index in [1.54, 1.807) is 0 Å². The third kappa shape index (κ3) is 2.75. The van der Waals surface area contributed by atoms with Gasteiger partial charge < -0.3 is 16.4 Å². The zero-order valence-electron chi connectivity index (χ0n) is 11.3. The molecule has 0 radical (unpaired) electrons. The van der Waals surface area contributed by atoms with Gasteiger partial charge in [0.2, 0.25) is 0 Å². The summed E-state index contributed by atoms with van der Waals surface area (Å²) in [5.41, 5.74) is 6.53. The molecule has 4 heteroatoms. The molecule has 4 nitrogen and oxygen atoms in total. The van der Waals surface area contributed by atoms with E-state index in [2.05, 4.69) is 10.6 Å². The normalized spacial score (nSPS) is 15.8. The molecule has 4 N–H and O–H groups in total. The topological polar surface area (TPSA) is 67.1 Å². The number of carbonyl (C=O) groups is 1. The zero-order valence-corrected chi connectivity index (χ0v) is 11.3. The maximum atomic E-state index is 12.1. The Bertz CT molecular complexity index is 617. The van der Waals surface area contributed by atoms with Gasteiger partial charge in [0.15, 0.2) is 0 Å². The zero-order chi connectivity index (χ0) is 13.9. The van der Waals surface area contributed by atoms with Crippen molar-refractivity contribution in [2.45, 2.75) is 18.9 Å². The van der Waals surface area contributed by atoms with Crippen LogP contribution in [0.1, 0.15) is 12.8 Å². The molecule has 1 saturated carbocycles. The Balaban J connectivity index is 1.74. The number of rotatable bonds is 4. The number of nitrogens with one attached hydrogen (secondary N) is 2. The molecule has 1 aliphatic rings. The fourth-order valence-electron chi connectivity index (χ4n) is 2.53. The highest BCUT2D eigenvalue weighted by Gasteiger charge is 2.31. The predicted molar refractivity (Wildman–Crippen MR) is 81.7 cm³/mol. The number of hydrogen-bond donors (Lipinski definition) is 3. The number of anilines is 1. The number of amides is 2. The number of carbonyl (C=O) groups excluding carboxylic acids is 1. The van der Waals surface area contributed by atoms with Crippen molar-refractivity contribution >= 4 is 22.5 Å². The van der Waals surface area contributed by atoms with Crippen LogP contribution in [0.15, 0.2) is 42.5 Å². The van der Waals surface area contributed by atoms with E-state index in [4.69, 9.17) is 5.73 Å². The minimum atomic E-state index is -0.177. The molecule has 0 aromatic heterocycles. The van der Waals surface area contributed by atoms with E-state index in [-0.39, 0.29) is 12.1 Å². The first-order valence-corrected chi connectivity index (χ1v) is 7.03. The van der Waals surface area contributed by atoms with Crippen molar-refractivity contribution in [2.75, 3.05) is 11.9 Å². The summed E-state index contributed by atoms with van der Waals surface area (Å²) in [6.07, 6.45) is 2.33. The molecule has 3 rings (SSSR count). The number of fused-ring (bicyclic) bond motifs is 1. The molecule has 0 heterocycles. The van der Waals surface area contributed by atoms with Gasteiger partial charge in [-0.1, -0.05) is 36.4 Å². The summed E-state index contributed by atoms with van der Waals surface area (Å²) in [7, 11) is 0. The minimum absolute atomic E-state index is 0.0879. The number of nitrogens with two attached hydrogens (primary N) is 1. The predicted octanol–water partition coefficient (Wildman–Crippen LogP) is 2.70. The molecule has 1 fully saturated rings. The van der Waals surface area contributed by atoms with Gasteiger partial charge in [0.1, 0.15) is 0 Å². The number of urea groups is 1. The third-order valence-electron chi connectivity index (χ3n) is 3.80. The molecule has 104 valence electrons. The Morgan fingerprint density at radius 1 is 1.20 bits per heavy atom. The van der Waals surface area contributed by atoms with Crippen LogP contribution >= 0.6 is 0 Å². The summed E-state index contributed by atoms with van der Waals surface area (Å²) in [5.74, 6) is 0.554. The van der Waals surface area contributed by atoms with E-state index in [0.29, 0.717) is 12.5 Å². The molecule has 0 aliphatic heterocycles. The lowest BCUT2D eigenvalue weighted by Gasteiger charge is -2.17. The summed E-state index contributed by atoms with van der Waals surface area (Å²) in [5, 5.41) is 8.05. The van der Waals surface area contributed by atoms with Gasteiger partial charge in [-0.2, -0.15) is 0 Å². The number of benzene rings is 2. The quantitative estimate of drug-likeness (QED) is 0.799. The van der Waals surface area contributed by atoms with Gasteiger partial charge in [-0.15, -0.1) is 0 Å². The van der Waals surface area contributed by atoms with Crippen LogP contribution in [0.4, 0.5) is 10.5 Å². The Morgan fingerprint density at radius 3 is 2.70 bits per heavy atom. The van der Waals surface area contributed by atoms with Crippen LogP contribution in [-0.4, -0.2) is 18.6 Å². The van der Waals surface area contributed by atoms with Gasteiger partial charge >= 0.3 is 6.03 Å². The lowest BCUT2D eigenvalue weighted by molar-refractivity contribution is 0.247. The van der Waals surface area contributed by atoms with Gasteiger partial charge in [0.25, 0.3) is 0 Å². The average molecular weight is 269 g/mol. The molecule has 2 aromatic carbocycles. The fourth-order valence-corrected chi connectivity index (χ4v) is 2.53. The van der Waals surface area contributed by atoms with Crippen molar-refractivity contribution in [3.05, 3.63) is 42.5 Å². The van der Waals surface area contributed by atoms with E-state index >= 15 is 0 Å².